The summed E-state index contributed by atoms with van der Waals surface area (Å²) in [5.41, 5.74) is 4.72. The van der Waals surface area contributed by atoms with E-state index in [-0.39, 0.29) is 17.8 Å². The number of halogens is 1. The Labute approximate surface area is 217 Å². The second-order valence-electron chi connectivity index (χ2n) is 10.3. The van der Waals surface area contributed by atoms with Gasteiger partial charge in [0.1, 0.15) is 12.2 Å². The number of carbonyl (C=O) groups excluding carboxylic acids is 3. The summed E-state index contributed by atoms with van der Waals surface area (Å²) in [6, 6.07) is 10.6. The number of carbonyl (C=O) groups is 3. The Hall–Kier alpha value is -3.32. The molecule has 2 aromatic rings. The SMILES string of the molecule is CCCN1c2cc(Cl)c(/C=C3/NC(=O)N(CC(=O)Nc4ccc(C)cc4)C3=O)cc2C(C)CC1(C)C. The number of hydrogen-bond donors (Lipinski definition) is 2. The van der Waals surface area contributed by atoms with Gasteiger partial charge in [-0.15, -0.1) is 0 Å². The van der Waals surface area contributed by atoms with E-state index in [2.05, 4.69) is 43.2 Å². The smallest absolute Gasteiger partial charge is 0.329 e. The Morgan fingerprint density at radius 1 is 1.22 bits per heavy atom. The Bertz CT molecular complexity index is 1240. The summed E-state index contributed by atoms with van der Waals surface area (Å²) >= 11 is 6.68. The normalized spacial score (nSPS) is 19.9. The predicted molar refractivity (Wildman–Crippen MR) is 144 cm³/mol. The third-order valence-electron chi connectivity index (χ3n) is 6.85. The molecule has 1 unspecified atom stereocenters. The van der Waals surface area contributed by atoms with Crippen molar-refractivity contribution in [3.8, 4) is 0 Å². The number of nitrogens with one attached hydrogen (secondary N) is 2. The van der Waals surface area contributed by atoms with Crippen LogP contribution in [0.3, 0.4) is 0 Å². The Morgan fingerprint density at radius 2 is 1.92 bits per heavy atom. The summed E-state index contributed by atoms with van der Waals surface area (Å²) in [5.74, 6) is -0.703. The molecule has 4 amide bonds. The van der Waals surface area contributed by atoms with Crippen molar-refractivity contribution in [2.45, 2.75) is 58.9 Å². The number of rotatable bonds is 6. The number of nitrogens with zero attached hydrogens (tertiary/aromatic N) is 2. The fourth-order valence-corrected chi connectivity index (χ4v) is 5.34. The molecule has 0 aromatic heterocycles. The van der Waals surface area contributed by atoms with Gasteiger partial charge in [-0.05, 0) is 81.0 Å². The molecule has 0 spiro atoms. The minimum absolute atomic E-state index is 0.0147. The number of urea groups is 1. The van der Waals surface area contributed by atoms with Crippen LogP contribution in [0, 0.1) is 6.92 Å². The zero-order valence-corrected chi connectivity index (χ0v) is 22.2. The summed E-state index contributed by atoms with van der Waals surface area (Å²) in [6.07, 6.45) is 3.61. The molecule has 2 aliphatic rings. The van der Waals surface area contributed by atoms with E-state index in [1.807, 2.05) is 31.2 Å². The molecular weight excluding hydrogens is 476 g/mol. The van der Waals surface area contributed by atoms with E-state index < -0.39 is 17.8 Å². The van der Waals surface area contributed by atoms with Gasteiger partial charge in [0.2, 0.25) is 5.91 Å². The van der Waals surface area contributed by atoms with Gasteiger partial charge in [-0.3, -0.25) is 9.59 Å². The average Bonchev–Trinajstić information content (AvgIpc) is 3.06. The number of fused-ring (bicyclic) bond motifs is 1. The number of aryl methyl sites for hydroxylation is 1. The lowest BCUT2D eigenvalue weighted by Crippen LogP contribution is -2.48. The molecular formula is C28H33ClN4O3. The second-order valence-corrected chi connectivity index (χ2v) is 10.7. The maximum absolute atomic E-state index is 13.0. The van der Waals surface area contributed by atoms with Crippen molar-refractivity contribution < 1.29 is 14.4 Å². The van der Waals surface area contributed by atoms with Gasteiger partial charge in [-0.1, -0.05) is 43.1 Å². The molecule has 0 saturated carbocycles. The van der Waals surface area contributed by atoms with Crippen LogP contribution in [0.15, 0.2) is 42.1 Å². The van der Waals surface area contributed by atoms with Crippen LogP contribution in [0.5, 0.6) is 0 Å². The molecule has 1 fully saturated rings. The molecule has 1 saturated heterocycles. The van der Waals surface area contributed by atoms with E-state index in [0.717, 1.165) is 35.5 Å². The van der Waals surface area contributed by atoms with Crippen LogP contribution in [0.1, 0.15) is 63.1 Å². The first kappa shape index (κ1) is 25.8. The van der Waals surface area contributed by atoms with E-state index in [4.69, 9.17) is 11.6 Å². The minimum atomic E-state index is -0.636. The van der Waals surface area contributed by atoms with Gasteiger partial charge in [-0.25, -0.2) is 9.69 Å². The maximum atomic E-state index is 13.0. The average molecular weight is 509 g/mol. The van der Waals surface area contributed by atoms with Crippen LogP contribution in [0.25, 0.3) is 6.08 Å². The fraction of sp³-hybridized carbons (Fsp3) is 0.393. The highest BCUT2D eigenvalue weighted by molar-refractivity contribution is 6.32. The molecule has 1 atom stereocenters. The van der Waals surface area contributed by atoms with Gasteiger partial charge in [0.05, 0.1) is 0 Å². The second kappa shape index (κ2) is 9.97. The monoisotopic (exact) mass is 508 g/mol. The highest BCUT2D eigenvalue weighted by Gasteiger charge is 2.37. The molecule has 2 aromatic carbocycles. The summed E-state index contributed by atoms with van der Waals surface area (Å²) in [4.78, 5) is 41.3. The summed E-state index contributed by atoms with van der Waals surface area (Å²) in [7, 11) is 0. The molecule has 2 N–H and O–H groups in total. The van der Waals surface area contributed by atoms with Crippen molar-refractivity contribution in [3.05, 3.63) is 63.8 Å². The number of amides is 4. The molecule has 2 aliphatic heterocycles. The molecule has 190 valence electrons. The molecule has 4 rings (SSSR count). The predicted octanol–water partition coefficient (Wildman–Crippen LogP) is 5.68. The summed E-state index contributed by atoms with van der Waals surface area (Å²) in [6.45, 7) is 11.4. The third kappa shape index (κ3) is 5.12. The zero-order valence-electron chi connectivity index (χ0n) is 21.4. The maximum Gasteiger partial charge on any atom is 0.329 e. The largest absolute Gasteiger partial charge is 0.366 e. The van der Waals surface area contributed by atoms with Crippen LogP contribution >= 0.6 is 11.6 Å². The number of anilines is 2. The zero-order chi connectivity index (χ0) is 26.2. The van der Waals surface area contributed by atoms with E-state index in [0.29, 0.717) is 22.2 Å². The van der Waals surface area contributed by atoms with Crippen LogP contribution < -0.4 is 15.5 Å². The van der Waals surface area contributed by atoms with Crippen molar-refractivity contribution in [3.63, 3.8) is 0 Å². The van der Waals surface area contributed by atoms with Crippen LogP contribution in [0.4, 0.5) is 16.2 Å². The lowest BCUT2D eigenvalue weighted by Gasteiger charge is -2.47. The van der Waals surface area contributed by atoms with Crippen LogP contribution in [0.2, 0.25) is 5.02 Å². The van der Waals surface area contributed by atoms with Crippen molar-refractivity contribution in [2.24, 2.45) is 0 Å². The van der Waals surface area contributed by atoms with Gasteiger partial charge in [0.15, 0.2) is 0 Å². The first-order valence-electron chi connectivity index (χ1n) is 12.3. The highest BCUT2D eigenvalue weighted by atomic mass is 35.5. The molecule has 36 heavy (non-hydrogen) atoms. The standard InChI is InChI=1S/C28H33ClN4O3/c1-6-11-33-24-14-22(29)19(12-21(24)18(3)15-28(33,4)5)13-23-26(35)32(27(36)31-23)16-25(34)30-20-9-7-17(2)8-10-20/h7-10,12-14,18H,6,11,15-16H2,1-5H3,(H,30,34)(H,31,36)/b23-13+. The molecule has 7 nitrogen and oxygen atoms in total. The van der Waals surface area contributed by atoms with Crippen LogP contribution in [-0.4, -0.2) is 41.4 Å². The fourth-order valence-electron chi connectivity index (χ4n) is 5.13. The molecule has 2 heterocycles. The highest BCUT2D eigenvalue weighted by Crippen LogP contribution is 2.45. The van der Waals surface area contributed by atoms with E-state index in [1.54, 1.807) is 18.2 Å². The topological polar surface area (TPSA) is 81.8 Å². The molecule has 0 radical (unpaired) electrons. The van der Waals surface area contributed by atoms with E-state index >= 15 is 0 Å². The van der Waals surface area contributed by atoms with Crippen molar-refractivity contribution in [2.75, 3.05) is 23.3 Å². The first-order valence-corrected chi connectivity index (χ1v) is 12.7. The van der Waals surface area contributed by atoms with Crippen molar-refractivity contribution in [1.29, 1.82) is 0 Å². The van der Waals surface area contributed by atoms with E-state index in [9.17, 15) is 14.4 Å². The summed E-state index contributed by atoms with van der Waals surface area (Å²) < 4.78 is 0. The quantitative estimate of drug-likeness (QED) is 0.388. The van der Waals surface area contributed by atoms with Gasteiger partial charge in [0.25, 0.3) is 5.91 Å². The van der Waals surface area contributed by atoms with Crippen LogP contribution in [-0.2, 0) is 9.59 Å². The Kier molecular flexibility index (Phi) is 7.14. The third-order valence-corrected chi connectivity index (χ3v) is 7.18. The van der Waals surface area contributed by atoms with Gasteiger partial charge in [0, 0.05) is 28.5 Å². The lowest BCUT2D eigenvalue weighted by atomic mass is 9.79. The number of hydrogen-bond acceptors (Lipinski definition) is 4. The number of benzene rings is 2. The van der Waals surface area contributed by atoms with Gasteiger partial charge >= 0.3 is 6.03 Å². The molecule has 8 heteroatoms. The number of imide groups is 1. The van der Waals surface area contributed by atoms with Crippen molar-refractivity contribution in [1.82, 2.24) is 10.2 Å². The Balaban J connectivity index is 1.55. The molecule has 0 bridgehead atoms. The van der Waals surface area contributed by atoms with E-state index in [1.165, 1.54) is 5.56 Å². The van der Waals surface area contributed by atoms with Crippen molar-refractivity contribution >= 4 is 46.9 Å². The van der Waals surface area contributed by atoms with Gasteiger partial charge < -0.3 is 15.5 Å². The molecule has 0 aliphatic carbocycles. The minimum Gasteiger partial charge on any atom is -0.366 e. The lowest BCUT2D eigenvalue weighted by molar-refractivity contribution is -0.127. The summed E-state index contributed by atoms with van der Waals surface area (Å²) in [5, 5.41) is 5.81. The Morgan fingerprint density at radius 3 is 2.58 bits per heavy atom. The van der Waals surface area contributed by atoms with Gasteiger partial charge in [-0.2, -0.15) is 0 Å². The first-order chi connectivity index (χ1) is 17.0.